The van der Waals surface area contributed by atoms with Crippen LogP contribution in [0.25, 0.3) is 0 Å². The van der Waals surface area contributed by atoms with Crippen LogP contribution < -0.4 is 20.1 Å². The van der Waals surface area contributed by atoms with Crippen molar-refractivity contribution < 1.29 is 37.4 Å². The lowest BCUT2D eigenvalue weighted by molar-refractivity contribution is -0.141. The molecule has 1 saturated heterocycles. The van der Waals surface area contributed by atoms with E-state index in [1.165, 1.54) is 29.2 Å². The monoisotopic (exact) mass is 804 g/mol. The van der Waals surface area contributed by atoms with Crippen LogP contribution in [0.3, 0.4) is 0 Å². The Hall–Kier alpha value is -3.51. The molecule has 0 spiro atoms. The number of ether oxygens (including phenoxy) is 1. The van der Waals surface area contributed by atoms with E-state index in [9.17, 15) is 32.4 Å². The first-order chi connectivity index (χ1) is 23.8. The van der Waals surface area contributed by atoms with Crippen molar-refractivity contribution in [1.29, 1.82) is 0 Å². The fraction of sp³-hybridized carbons (Fsp3) is 0.424. The van der Waals surface area contributed by atoms with Crippen molar-refractivity contribution in [2.24, 2.45) is 34.7 Å². The number of H-pyrrole nitrogens is 1. The van der Waals surface area contributed by atoms with E-state index in [-0.39, 0.29) is 70.1 Å². The summed E-state index contributed by atoms with van der Waals surface area (Å²) in [4.78, 5) is 69.1. The molecule has 7 rings (SSSR count). The van der Waals surface area contributed by atoms with Crippen LogP contribution in [0.1, 0.15) is 48.5 Å². The van der Waals surface area contributed by atoms with E-state index in [1.807, 2.05) is 6.07 Å². The van der Waals surface area contributed by atoms with Gasteiger partial charge in [-0.15, -0.1) is 11.8 Å². The molecule has 0 radical (unpaired) electrons. The molecule has 2 saturated carbocycles. The van der Waals surface area contributed by atoms with Crippen LogP contribution in [0.4, 0.5) is 5.69 Å². The van der Waals surface area contributed by atoms with Crippen molar-refractivity contribution in [3.05, 3.63) is 67.0 Å². The summed E-state index contributed by atoms with van der Waals surface area (Å²) >= 11 is 6.28. The van der Waals surface area contributed by atoms with Gasteiger partial charge in [-0.1, -0.05) is 33.7 Å². The number of nitrogens with one attached hydrogen (secondary N) is 2. The highest BCUT2D eigenvalue weighted by Gasteiger charge is 2.69. The smallest absolute Gasteiger partial charge is 0.305 e. The molecule has 5 N–H and O–H groups in total. The number of fused-ring (bicyclic) bond motifs is 9. The van der Waals surface area contributed by atoms with E-state index < -0.39 is 33.7 Å². The molecule has 4 aliphatic rings. The maximum absolute atomic E-state index is 13.9. The molecule has 6 unspecified atom stereocenters. The van der Waals surface area contributed by atoms with E-state index in [4.69, 9.17) is 15.0 Å². The number of benzene rings is 2. The number of carbonyl (C=O) groups excluding carboxylic acids is 3. The number of sulfonamides is 1. The van der Waals surface area contributed by atoms with Gasteiger partial charge in [0, 0.05) is 44.7 Å². The van der Waals surface area contributed by atoms with Gasteiger partial charge in [0.05, 0.1) is 21.8 Å². The Morgan fingerprint density at radius 1 is 1.04 bits per heavy atom. The van der Waals surface area contributed by atoms with Crippen molar-refractivity contribution in [3.8, 4) is 5.75 Å². The second-order valence-corrected chi connectivity index (χ2v) is 17.8. The number of amides is 3. The third-order valence-electron chi connectivity index (χ3n) is 10.2. The van der Waals surface area contributed by atoms with Gasteiger partial charge in [0.25, 0.3) is 5.91 Å². The number of carbonyl (C=O) groups is 4. The Kier molecular flexibility index (Phi) is 9.47. The lowest BCUT2D eigenvalue weighted by Gasteiger charge is -2.43. The third kappa shape index (κ3) is 6.42. The molecular weight excluding hydrogens is 772 g/mol. The Morgan fingerprint density at radius 3 is 2.46 bits per heavy atom. The topological polar surface area (TPSA) is 206 Å². The highest BCUT2D eigenvalue weighted by Crippen LogP contribution is 2.69. The maximum Gasteiger partial charge on any atom is 0.305 e. The van der Waals surface area contributed by atoms with Gasteiger partial charge in [0.2, 0.25) is 21.8 Å². The van der Waals surface area contributed by atoms with Crippen LogP contribution in [-0.2, 0) is 29.2 Å². The summed E-state index contributed by atoms with van der Waals surface area (Å²) in [6.45, 7) is -0.0826. The molecule has 50 heavy (non-hydrogen) atoms. The van der Waals surface area contributed by atoms with Crippen molar-refractivity contribution in [1.82, 2.24) is 9.88 Å². The summed E-state index contributed by atoms with van der Waals surface area (Å²) in [5.74, 6) is -2.71. The van der Waals surface area contributed by atoms with Gasteiger partial charge in [-0.05, 0) is 79.5 Å². The highest BCUT2D eigenvalue weighted by atomic mass is 79.9. The quantitative estimate of drug-likeness (QED) is 0.153. The number of hydrogen-bond acceptors (Lipinski definition) is 10. The zero-order chi connectivity index (χ0) is 35.5. The third-order valence-corrected chi connectivity index (χ3v) is 14.2. The number of halogens is 1. The minimum Gasteiger partial charge on any atom is -0.483 e. The van der Waals surface area contributed by atoms with Crippen molar-refractivity contribution in [2.75, 3.05) is 18.5 Å². The second kappa shape index (κ2) is 13.6. The average molecular weight is 806 g/mol. The standard InChI is InChI=1S/C33H33BrN4O9S3/c34-15-5-10-21(47-14-22(39)36-16-6-8-17(9-7-16)50(35,45)46)18(12-15)24-25-19-13-20(28(25)48-30-29(24)49-33(44)37-30)27-26(19)31(42)38(32(27)43)11-3-1-2-4-23(40)41/h5-10,12,19-20,24-28H,1-4,11,13-14H2,(H,36,39)(H,37,44)(H,40,41)(H2,35,45,46)/t19?,20?,24-,25?,26?,27?,28?/m1/s1. The van der Waals surface area contributed by atoms with Crippen molar-refractivity contribution in [2.45, 2.75) is 53.2 Å². The summed E-state index contributed by atoms with van der Waals surface area (Å²) in [5, 5.41) is 17.5. The molecule has 2 aliphatic heterocycles. The first kappa shape index (κ1) is 34.9. The summed E-state index contributed by atoms with van der Waals surface area (Å²) in [6, 6.07) is 10.9. The number of likely N-dealkylation sites (tertiary alicyclic amines) is 1. The van der Waals surface area contributed by atoms with Gasteiger partial charge in [-0.3, -0.25) is 28.9 Å². The summed E-state index contributed by atoms with van der Waals surface area (Å²) < 4.78 is 30.0. The molecular formula is C33H33BrN4O9S3. The van der Waals surface area contributed by atoms with E-state index in [0.717, 1.165) is 31.3 Å². The number of thiazole rings is 1. The Bertz CT molecular complexity index is 2050. The van der Waals surface area contributed by atoms with Crippen LogP contribution in [0, 0.1) is 29.6 Å². The van der Waals surface area contributed by atoms with E-state index in [2.05, 4.69) is 26.2 Å². The van der Waals surface area contributed by atoms with Gasteiger partial charge < -0.3 is 20.1 Å². The van der Waals surface area contributed by atoms with Gasteiger partial charge in [0.1, 0.15) is 5.75 Å². The Balaban J connectivity index is 1.14. The highest BCUT2D eigenvalue weighted by molar-refractivity contribution is 9.10. The van der Waals surface area contributed by atoms with Gasteiger partial charge >= 0.3 is 10.8 Å². The number of imide groups is 1. The summed E-state index contributed by atoms with van der Waals surface area (Å²) in [6.07, 6.45) is 2.41. The van der Waals surface area contributed by atoms with E-state index in [0.29, 0.717) is 37.1 Å². The zero-order valence-corrected chi connectivity index (χ0v) is 30.4. The van der Waals surface area contributed by atoms with Crippen molar-refractivity contribution in [3.63, 3.8) is 0 Å². The van der Waals surface area contributed by atoms with Gasteiger partial charge in [0.15, 0.2) is 6.61 Å². The average Bonchev–Trinajstić information content (AvgIpc) is 3.79. The summed E-state index contributed by atoms with van der Waals surface area (Å²) in [7, 11) is -3.88. The fourth-order valence-corrected chi connectivity index (χ4v) is 12.1. The molecule has 7 atom stereocenters. The Morgan fingerprint density at radius 2 is 1.76 bits per heavy atom. The van der Waals surface area contributed by atoms with Crippen LogP contribution >= 0.6 is 39.0 Å². The molecule has 3 heterocycles. The predicted octanol–water partition coefficient (Wildman–Crippen LogP) is 3.98. The number of nitrogens with two attached hydrogens (primary N) is 1. The largest absolute Gasteiger partial charge is 0.483 e. The molecule has 3 fully saturated rings. The molecule has 264 valence electrons. The van der Waals surface area contributed by atoms with Crippen LogP contribution in [0.5, 0.6) is 5.75 Å². The zero-order valence-electron chi connectivity index (χ0n) is 26.4. The first-order valence-electron chi connectivity index (χ1n) is 16.1. The molecule has 2 aliphatic carbocycles. The van der Waals surface area contributed by atoms with Crippen LogP contribution in [-0.4, -0.2) is 65.5 Å². The summed E-state index contributed by atoms with van der Waals surface area (Å²) in [5.41, 5.74) is 1.12. The molecule has 2 bridgehead atoms. The lowest BCUT2D eigenvalue weighted by atomic mass is 9.68. The first-order valence-corrected chi connectivity index (χ1v) is 20.2. The van der Waals surface area contributed by atoms with Gasteiger partial charge in [-0.25, -0.2) is 13.6 Å². The van der Waals surface area contributed by atoms with Crippen LogP contribution in [0.15, 0.2) is 61.7 Å². The molecule has 3 aromatic rings. The number of carboxylic acids is 1. The predicted molar refractivity (Wildman–Crippen MR) is 187 cm³/mol. The number of carboxylic acid groups (broad SMARTS) is 1. The maximum atomic E-state index is 13.9. The number of primary sulfonamides is 1. The van der Waals surface area contributed by atoms with E-state index in [1.54, 1.807) is 23.9 Å². The molecule has 17 heteroatoms. The lowest BCUT2D eigenvalue weighted by Crippen LogP contribution is -2.42. The number of hydrogen-bond donors (Lipinski definition) is 4. The number of anilines is 1. The molecule has 2 aromatic carbocycles. The molecule has 13 nitrogen and oxygen atoms in total. The number of unbranched alkanes of at least 4 members (excludes halogenated alkanes) is 2. The number of aliphatic carboxylic acids is 1. The Labute approximate surface area is 303 Å². The fourth-order valence-electron chi connectivity index (χ4n) is 8.33. The van der Waals surface area contributed by atoms with Crippen molar-refractivity contribution >= 4 is 78.4 Å². The number of aromatic nitrogens is 1. The van der Waals surface area contributed by atoms with Gasteiger partial charge in [-0.2, -0.15) is 0 Å². The number of thioether (sulfide) groups is 1. The molecule has 3 amide bonds. The number of aromatic amines is 1. The second-order valence-electron chi connectivity index (χ2n) is 13.1. The minimum atomic E-state index is -3.88. The van der Waals surface area contributed by atoms with E-state index >= 15 is 0 Å². The number of nitrogens with zero attached hydrogens (tertiary/aromatic N) is 1. The SMILES string of the molecule is NS(=O)(=O)c1ccc(NC(=O)COc2ccc(Br)cc2[C@H]2c3sc(=O)[nH]c3SC3C4CC(C5C(=O)N(CCCCCC(=O)O)C(=O)C45)C32)cc1. The minimum absolute atomic E-state index is 0.0355. The van der Waals surface area contributed by atoms with Crippen LogP contribution in [0.2, 0.25) is 0 Å². The molecule has 1 aromatic heterocycles. The number of rotatable bonds is 12. The normalized spacial score (nSPS) is 26.4.